The van der Waals surface area contributed by atoms with Crippen LogP contribution in [0.25, 0.3) is 0 Å². The fourth-order valence-corrected chi connectivity index (χ4v) is 1.70. The Hall–Kier alpha value is -1.05. The molecule has 0 saturated heterocycles. The van der Waals surface area contributed by atoms with Gasteiger partial charge in [0.25, 0.3) is 0 Å². The van der Waals surface area contributed by atoms with E-state index in [4.69, 9.17) is 4.74 Å². The Balaban J connectivity index is 2.15. The SMILES string of the molecule is CC(C)=CCCCCC(=O)C1=CCCCO1. The summed E-state index contributed by atoms with van der Waals surface area (Å²) >= 11 is 0. The lowest BCUT2D eigenvalue weighted by Crippen LogP contribution is -2.10. The average molecular weight is 222 g/mol. The van der Waals surface area contributed by atoms with E-state index in [2.05, 4.69) is 19.9 Å². The van der Waals surface area contributed by atoms with Gasteiger partial charge in [0.05, 0.1) is 6.61 Å². The molecule has 0 radical (unpaired) electrons. The molecule has 0 aliphatic carbocycles. The molecule has 0 aromatic rings. The lowest BCUT2D eigenvalue weighted by molar-refractivity contribution is -0.119. The highest BCUT2D eigenvalue weighted by molar-refractivity contribution is 5.93. The van der Waals surface area contributed by atoms with E-state index >= 15 is 0 Å². The minimum absolute atomic E-state index is 0.178. The normalized spacial score (nSPS) is 15.0. The highest BCUT2D eigenvalue weighted by Gasteiger charge is 2.12. The van der Waals surface area contributed by atoms with Gasteiger partial charge in [0.2, 0.25) is 0 Å². The monoisotopic (exact) mass is 222 g/mol. The van der Waals surface area contributed by atoms with Crippen molar-refractivity contribution in [1.29, 1.82) is 0 Å². The summed E-state index contributed by atoms with van der Waals surface area (Å²) in [7, 11) is 0. The molecule has 90 valence electrons. The first-order valence-corrected chi connectivity index (χ1v) is 6.19. The Kier molecular flexibility index (Phi) is 5.91. The zero-order chi connectivity index (χ0) is 11.8. The summed E-state index contributed by atoms with van der Waals surface area (Å²) < 4.78 is 5.33. The fourth-order valence-electron chi connectivity index (χ4n) is 1.70. The van der Waals surface area contributed by atoms with E-state index in [1.165, 1.54) is 5.57 Å². The van der Waals surface area contributed by atoms with Crippen molar-refractivity contribution in [3.63, 3.8) is 0 Å². The molecule has 0 aromatic heterocycles. The Bertz CT molecular complexity index is 283. The van der Waals surface area contributed by atoms with Gasteiger partial charge in [0, 0.05) is 6.42 Å². The average Bonchev–Trinajstić information content (AvgIpc) is 2.29. The van der Waals surface area contributed by atoms with Crippen LogP contribution in [-0.2, 0) is 9.53 Å². The van der Waals surface area contributed by atoms with Crippen molar-refractivity contribution in [2.24, 2.45) is 0 Å². The van der Waals surface area contributed by atoms with Gasteiger partial charge in [-0.2, -0.15) is 0 Å². The van der Waals surface area contributed by atoms with Crippen molar-refractivity contribution >= 4 is 5.78 Å². The van der Waals surface area contributed by atoms with Gasteiger partial charge in [0.15, 0.2) is 11.5 Å². The third-order valence-corrected chi connectivity index (χ3v) is 2.62. The van der Waals surface area contributed by atoms with Gasteiger partial charge in [0.1, 0.15) is 0 Å². The molecular formula is C14H22O2. The van der Waals surface area contributed by atoms with Crippen LogP contribution < -0.4 is 0 Å². The number of ether oxygens (including phenoxy) is 1. The first-order chi connectivity index (χ1) is 7.70. The summed E-state index contributed by atoms with van der Waals surface area (Å²) in [6.45, 7) is 4.91. The van der Waals surface area contributed by atoms with Crippen molar-refractivity contribution in [2.45, 2.75) is 52.4 Å². The van der Waals surface area contributed by atoms with Crippen LogP contribution in [0.15, 0.2) is 23.5 Å². The Morgan fingerprint density at radius 3 is 2.88 bits per heavy atom. The molecule has 0 unspecified atom stereocenters. The van der Waals surface area contributed by atoms with E-state index in [0.29, 0.717) is 18.8 Å². The first kappa shape index (κ1) is 13.0. The number of unbranched alkanes of at least 4 members (excludes halogenated alkanes) is 2. The molecule has 1 aliphatic rings. The van der Waals surface area contributed by atoms with Crippen LogP contribution in [0.4, 0.5) is 0 Å². The maximum Gasteiger partial charge on any atom is 0.197 e. The smallest absolute Gasteiger partial charge is 0.197 e. The highest BCUT2D eigenvalue weighted by Crippen LogP contribution is 2.14. The Morgan fingerprint density at radius 2 is 2.25 bits per heavy atom. The summed E-state index contributed by atoms with van der Waals surface area (Å²) in [5.74, 6) is 0.783. The van der Waals surface area contributed by atoms with Crippen LogP contribution in [0.2, 0.25) is 0 Å². The topological polar surface area (TPSA) is 26.3 Å². The van der Waals surface area contributed by atoms with Crippen LogP contribution >= 0.6 is 0 Å². The van der Waals surface area contributed by atoms with Crippen molar-refractivity contribution in [2.75, 3.05) is 6.61 Å². The fraction of sp³-hybridized carbons (Fsp3) is 0.643. The molecule has 0 amide bonds. The molecule has 1 rings (SSSR count). The van der Waals surface area contributed by atoms with Gasteiger partial charge < -0.3 is 4.74 Å². The number of hydrogen-bond donors (Lipinski definition) is 0. The quantitative estimate of drug-likeness (QED) is 0.505. The van der Waals surface area contributed by atoms with E-state index < -0.39 is 0 Å². The summed E-state index contributed by atoms with van der Waals surface area (Å²) in [5, 5.41) is 0. The van der Waals surface area contributed by atoms with Crippen molar-refractivity contribution in [3.05, 3.63) is 23.5 Å². The summed E-state index contributed by atoms with van der Waals surface area (Å²) in [6, 6.07) is 0. The third kappa shape index (κ3) is 5.15. The van der Waals surface area contributed by atoms with Crippen LogP contribution in [0.1, 0.15) is 52.4 Å². The number of hydrogen-bond acceptors (Lipinski definition) is 2. The number of carbonyl (C=O) groups is 1. The maximum absolute atomic E-state index is 11.7. The number of ketones is 1. The molecule has 1 aliphatic heterocycles. The minimum atomic E-state index is 0.178. The molecule has 0 atom stereocenters. The van der Waals surface area contributed by atoms with Gasteiger partial charge in [-0.15, -0.1) is 0 Å². The minimum Gasteiger partial charge on any atom is -0.490 e. The molecule has 0 bridgehead atoms. The largest absolute Gasteiger partial charge is 0.490 e. The number of allylic oxidation sites excluding steroid dienone is 4. The van der Waals surface area contributed by atoms with E-state index in [9.17, 15) is 4.79 Å². The second kappa shape index (κ2) is 7.26. The first-order valence-electron chi connectivity index (χ1n) is 6.19. The van der Waals surface area contributed by atoms with Crippen LogP contribution in [-0.4, -0.2) is 12.4 Å². The van der Waals surface area contributed by atoms with Crippen molar-refractivity contribution in [1.82, 2.24) is 0 Å². The molecule has 0 saturated carbocycles. The maximum atomic E-state index is 11.7. The van der Waals surface area contributed by atoms with Gasteiger partial charge in [-0.1, -0.05) is 11.6 Å². The molecule has 0 fully saturated rings. The van der Waals surface area contributed by atoms with Crippen LogP contribution in [0, 0.1) is 0 Å². The van der Waals surface area contributed by atoms with Crippen LogP contribution in [0.5, 0.6) is 0 Å². The molecule has 2 nitrogen and oxygen atoms in total. The van der Waals surface area contributed by atoms with Gasteiger partial charge in [-0.05, 0) is 52.0 Å². The van der Waals surface area contributed by atoms with E-state index in [-0.39, 0.29) is 5.78 Å². The zero-order valence-electron chi connectivity index (χ0n) is 10.4. The van der Waals surface area contributed by atoms with Gasteiger partial charge >= 0.3 is 0 Å². The van der Waals surface area contributed by atoms with E-state index in [1.807, 2.05) is 6.08 Å². The van der Waals surface area contributed by atoms with Crippen molar-refractivity contribution in [3.8, 4) is 0 Å². The molecular weight excluding hydrogens is 200 g/mol. The summed E-state index contributed by atoms with van der Waals surface area (Å²) in [6.07, 6.45) is 9.93. The molecule has 16 heavy (non-hydrogen) atoms. The second-order valence-corrected chi connectivity index (χ2v) is 4.51. The third-order valence-electron chi connectivity index (χ3n) is 2.62. The number of carbonyl (C=O) groups excluding carboxylic acids is 1. The van der Waals surface area contributed by atoms with E-state index in [0.717, 1.165) is 32.1 Å². The standard InChI is InChI=1S/C14H22O2/c1-12(2)8-4-3-5-9-13(15)14-10-6-7-11-16-14/h8,10H,3-7,9,11H2,1-2H3. The molecule has 1 heterocycles. The molecule has 2 heteroatoms. The van der Waals surface area contributed by atoms with Gasteiger partial charge in [-0.3, -0.25) is 4.79 Å². The molecule has 0 spiro atoms. The van der Waals surface area contributed by atoms with E-state index in [1.54, 1.807) is 0 Å². The molecule has 0 aromatic carbocycles. The molecule has 0 N–H and O–H groups in total. The lowest BCUT2D eigenvalue weighted by atomic mass is 10.1. The van der Waals surface area contributed by atoms with Gasteiger partial charge in [-0.25, -0.2) is 0 Å². The predicted octanol–water partition coefficient (Wildman–Crippen LogP) is 3.78. The summed E-state index contributed by atoms with van der Waals surface area (Å²) in [4.78, 5) is 11.7. The van der Waals surface area contributed by atoms with Crippen LogP contribution in [0.3, 0.4) is 0 Å². The lowest BCUT2D eigenvalue weighted by Gasteiger charge is -2.13. The number of rotatable bonds is 6. The zero-order valence-corrected chi connectivity index (χ0v) is 10.4. The second-order valence-electron chi connectivity index (χ2n) is 4.51. The van der Waals surface area contributed by atoms with Crippen molar-refractivity contribution < 1.29 is 9.53 Å². The Labute approximate surface area is 98.4 Å². The highest BCUT2D eigenvalue weighted by atomic mass is 16.5. The predicted molar refractivity (Wildman–Crippen MR) is 66.2 cm³/mol. The number of Topliss-reactive ketones (excluding diaryl/α,β-unsaturated/α-hetero) is 1. The Morgan fingerprint density at radius 1 is 1.44 bits per heavy atom. The summed E-state index contributed by atoms with van der Waals surface area (Å²) in [5.41, 5.74) is 1.35.